The zero-order chi connectivity index (χ0) is 13.4. The van der Waals surface area contributed by atoms with Crippen LogP contribution in [0.2, 0.25) is 0 Å². The number of fused-ring (bicyclic) bond motifs is 2. The monoisotopic (exact) mass is 258 g/mol. The van der Waals surface area contributed by atoms with Crippen LogP contribution in [0.5, 0.6) is 0 Å². The predicted molar refractivity (Wildman–Crippen MR) is 63.4 cm³/mol. The highest BCUT2D eigenvalue weighted by Crippen LogP contribution is 2.36. The maximum Gasteiger partial charge on any atom is 0.311 e. The highest BCUT2D eigenvalue weighted by Gasteiger charge is 2.33. The summed E-state index contributed by atoms with van der Waals surface area (Å²) in [6, 6.07) is 0. The van der Waals surface area contributed by atoms with Crippen molar-refractivity contribution in [3.8, 4) is 0 Å². The van der Waals surface area contributed by atoms with E-state index in [2.05, 4.69) is 0 Å². The predicted octanol–water partition coefficient (Wildman–Crippen LogP) is 1.47. The highest BCUT2D eigenvalue weighted by molar-refractivity contribution is 6.04. The van der Waals surface area contributed by atoms with E-state index in [1.165, 1.54) is 6.08 Å². The van der Waals surface area contributed by atoms with Crippen molar-refractivity contribution in [2.75, 3.05) is 0 Å². The summed E-state index contributed by atoms with van der Waals surface area (Å²) in [5.74, 6) is -0.795. The first-order chi connectivity index (χ1) is 9.15. The Morgan fingerprint density at radius 3 is 2.47 bits per heavy atom. The summed E-state index contributed by atoms with van der Waals surface area (Å²) in [4.78, 5) is 34.9. The number of hydrogen-bond donors (Lipinski definition) is 0. The van der Waals surface area contributed by atoms with Crippen LogP contribution in [0.3, 0.4) is 0 Å². The van der Waals surface area contributed by atoms with Gasteiger partial charge in [0.15, 0.2) is 17.3 Å². The smallest absolute Gasteiger partial charge is 0.311 e. The van der Waals surface area contributed by atoms with E-state index in [0.717, 1.165) is 0 Å². The second-order valence-electron chi connectivity index (χ2n) is 4.34. The molecule has 3 aliphatic rings. The van der Waals surface area contributed by atoms with Gasteiger partial charge < -0.3 is 9.47 Å². The molecule has 0 bridgehead atoms. The highest BCUT2D eigenvalue weighted by atomic mass is 16.6. The Morgan fingerprint density at radius 1 is 0.947 bits per heavy atom. The van der Waals surface area contributed by atoms with Gasteiger partial charge in [-0.1, -0.05) is 18.2 Å². The van der Waals surface area contributed by atoms with Gasteiger partial charge in [-0.2, -0.15) is 0 Å². The summed E-state index contributed by atoms with van der Waals surface area (Å²) >= 11 is 0. The van der Waals surface area contributed by atoms with Gasteiger partial charge in [-0.15, -0.1) is 0 Å². The Balaban J connectivity index is 2.07. The molecule has 0 spiro atoms. The number of hydrogen-bond acceptors (Lipinski definition) is 5. The average Bonchev–Trinajstić information content (AvgIpc) is 2.57. The van der Waals surface area contributed by atoms with Gasteiger partial charge in [0.1, 0.15) is 0 Å². The molecule has 0 fully saturated rings. The second kappa shape index (κ2) is 4.35. The van der Waals surface area contributed by atoms with Gasteiger partial charge in [0, 0.05) is 17.6 Å². The molecule has 1 heterocycles. The van der Waals surface area contributed by atoms with Crippen LogP contribution in [0.4, 0.5) is 0 Å². The van der Waals surface area contributed by atoms with Crippen LogP contribution >= 0.6 is 0 Å². The number of ether oxygens (including phenoxy) is 2. The molecule has 5 nitrogen and oxygen atoms in total. The fraction of sp³-hybridized carbons (Fsp3) is 0.214. The lowest BCUT2D eigenvalue weighted by molar-refractivity contribution is -0.148. The molecule has 0 radical (unpaired) electrons. The van der Waals surface area contributed by atoms with Crippen molar-refractivity contribution < 1.29 is 23.9 Å². The molecular weight excluding hydrogens is 248 g/mol. The number of allylic oxidation sites excluding steroid dienone is 5. The van der Waals surface area contributed by atoms with Crippen molar-refractivity contribution in [3.63, 3.8) is 0 Å². The van der Waals surface area contributed by atoms with Gasteiger partial charge in [-0.05, 0) is 6.08 Å². The standard InChI is InChI=1S/C14H10O5/c15-10-4-2-1-3-8-9(10)7-11-14(8)19-13(17)6-5-12(16)18-11/h1-3,7H,4-6H2. The normalized spacial score (nSPS) is 22.4. The molecule has 0 amide bonds. The summed E-state index contributed by atoms with van der Waals surface area (Å²) in [5, 5.41) is 0. The molecule has 1 aliphatic heterocycles. The van der Waals surface area contributed by atoms with Crippen LogP contribution in [-0.4, -0.2) is 17.7 Å². The van der Waals surface area contributed by atoms with E-state index in [9.17, 15) is 14.4 Å². The fourth-order valence-corrected chi connectivity index (χ4v) is 2.10. The molecule has 0 aromatic carbocycles. The van der Waals surface area contributed by atoms with Crippen molar-refractivity contribution in [2.45, 2.75) is 19.3 Å². The van der Waals surface area contributed by atoms with E-state index < -0.39 is 11.9 Å². The molecule has 2 aliphatic carbocycles. The molecule has 0 atom stereocenters. The number of rotatable bonds is 0. The zero-order valence-electron chi connectivity index (χ0n) is 9.97. The molecule has 3 rings (SSSR count). The van der Waals surface area contributed by atoms with Crippen LogP contribution in [0.25, 0.3) is 0 Å². The first-order valence-electron chi connectivity index (χ1n) is 5.93. The first kappa shape index (κ1) is 11.6. The number of carbonyl (C=O) groups is 3. The van der Waals surface area contributed by atoms with Crippen molar-refractivity contribution >= 4 is 17.7 Å². The van der Waals surface area contributed by atoms with Crippen LogP contribution < -0.4 is 0 Å². The van der Waals surface area contributed by atoms with E-state index in [1.807, 2.05) is 0 Å². The molecule has 0 saturated heterocycles. The topological polar surface area (TPSA) is 69.7 Å². The van der Waals surface area contributed by atoms with Gasteiger partial charge in [0.25, 0.3) is 0 Å². The van der Waals surface area contributed by atoms with Gasteiger partial charge in [0.05, 0.1) is 12.8 Å². The molecule has 0 N–H and O–H groups in total. The first-order valence-corrected chi connectivity index (χ1v) is 5.93. The van der Waals surface area contributed by atoms with E-state index in [0.29, 0.717) is 11.1 Å². The van der Waals surface area contributed by atoms with Crippen molar-refractivity contribution in [2.24, 2.45) is 0 Å². The molecule has 0 unspecified atom stereocenters. The molecule has 0 aromatic rings. The Labute approximate surface area is 108 Å². The van der Waals surface area contributed by atoms with E-state index in [4.69, 9.17) is 9.47 Å². The third-order valence-corrected chi connectivity index (χ3v) is 3.01. The van der Waals surface area contributed by atoms with Crippen LogP contribution in [0.15, 0.2) is 47.0 Å². The van der Waals surface area contributed by atoms with Gasteiger partial charge in [-0.3, -0.25) is 14.4 Å². The zero-order valence-corrected chi connectivity index (χ0v) is 9.97. The van der Waals surface area contributed by atoms with Gasteiger partial charge in [0.2, 0.25) is 0 Å². The van der Waals surface area contributed by atoms with Crippen LogP contribution in [0.1, 0.15) is 19.3 Å². The van der Waals surface area contributed by atoms with Crippen molar-refractivity contribution in [1.82, 2.24) is 0 Å². The molecule has 5 heteroatoms. The third kappa shape index (κ3) is 2.03. The Bertz CT molecular complexity index is 616. The lowest BCUT2D eigenvalue weighted by Crippen LogP contribution is -2.15. The molecule has 19 heavy (non-hydrogen) atoms. The Morgan fingerprint density at radius 2 is 1.68 bits per heavy atom. The maximum atomic E-state index is 11.9. The number of Topliss-reactive ketones (excluding diaryl/α,β-unsaturated/α-hetero) is 1. The minimum absolute atomic E-state index is 0.0221. The van der Waals surface area contributed by atoms with Crippen LogP contribution in [0, 0.1) is 0 Å². The minimum atomic E-state index is -0.500. The third-order valence-electron chi connectivity index (χ3n) is 3.01. The summed E-state index contributed by atoms with van der Waals surface area (Å²) in [5.41, 5.74) is 0.911. The minimum Gasteiger partial charge on any atom is -0.422 e. The average molecular weight is 258 g/mol. The lowest BCUT2D eigenvalue weighted by atomic mass is 10.0. The summed E-state index contributed by atoms with van der Waals surface area (Å²) < 4.78 is 10.3. The maximum absolute atomic E-state index is 11.9. The fourth-order valence-electron chi connectivity index (χ4n) is 2.10. The number of carbonyl (C=O) groups excluding carboxylic acids is 3. The number of esters is 2. The quantitative estimate of drug-likeness (QED) is 0.615. The molecule has 96 valence electrons. The molecule has 0 saturated carbocycles. The van der Waals surface area contributed by atoms with Gasteiger partial charge >= 0.3 is 11.9 Å². The van der Waals surface area contributed by atoms with Crippen molar-refractivity contribution in [3.05, 3.63) is 47.0 Å². The van der Waals surface area contributed by atoms with E-state index >= 15 is 0 Å². The summed E-state index contributed by atoms with van der Waals surface area (Å²) in [7, 11) is 0. The Hall–Kier alpha value is -2.43. The SMILES string of the molecule is O=C1CCC(=O)OC2=C(C=C3C(=O)CC=CC=C32)O1. The summed E-state index contributed by atoms with van der Waals surface area (Å²) in [6.07, 6.45) is 6.82. The lowest BCUT2D eigenvalue weighted by Gasteiger charge is -2.13. The Kier molecular flexibility index (Phi) is 2.67. The second-order valence-corrected chi connectivity index (χ2v) is 4.34. The van der Waals surface area contributed by atoms with Crippen LogP contribution in [-0.2, 0) is 23.9 Å². The molecular formula is C14H10O5. The van der Waals surface area contributed by atoms with E-state index in [1.54, 1.807) is 18.2 Å². The number of ketones is 1. The molecule has 0 aromatic heterocycles. The van der Waals surface area contributed by atoms with Gasteiger partial charge in [-0.25, -0.2) is 0 Å². The largest absolute Gasteiger partial charge is 0.422 e. The summed E-state index contributed by atoms with van der Waals surface area (Å²) in [6.45, 7) is 0. The van der Waals surface area contributed by atoms with Crippen molar-refractivity contribution in [1.29, 1.82) is 0 Å². The van der Waals surface area contributed by atoms with E-state index in [-0.39, 0.29) is 36.6 Å².